The van der Waals surface area contributed by atoms with Gasteiger partial charge in [-0.1, -0.05) is 54.1 Å². The van der Waals surface area contributed by atoms with E-state index in [1.165, 1.54) is 0 Å². The molecule has 156 valence electrons. The minimum Gasteiger partial charge on any atom is -0.481 e. The maximum atomic E-state index is 13.1. The van der Waals surface area contributed by atoms with Crippen molar-refractivity contribution in [2.75, 3.05) is 5.32 Å². The number of halogens is 1. The van der Waals surface area contributed by atoms with Crippen molar-refractivity contribution in [3.8, 4) is 5.75 Å². The van der Waals surface area contributed by atoms with Crippen LogP contribution in [0.4, 0.5) is 5.69 Å². The highest BCUT2D eigenvalue weighted by Gasteiger charge is 2.25. The number of ketones is 1. The SMILES string of the molecule is Cc1cc(O[C@@H](C)C(=O)Nc2c(C(=O)c3ccccc3)oc3ccccc23)ccc1Cl. The quantitative estimate of drug-likeness (QED) is 0.377. The summed E-state index contributed by atoms with van der Waals surface area (Å²) < 4.78 is 11.6. The first kappa shape index (κ1) is 20.7. The van der Waals surface area contributed by atoms with Gasteiger partial charge in [0.05, 0.1) is 5.69 Å². The van der Waals surface area contributed by atoms with Crippen molar-refractivity contribution in [2.24, 2.45) is 0 Å². The van der Waals surface area contributed by atoms with E-state index in [0.717, 1.165) is 5.56 Å². The first-order valence-corrected chi connectivity index (χ1v) is 10.2. The molecule has 0 saturated heterocycles. The predicted molar refractivity (Wildman–Crippen MR) is 121 cm³/mol. The van der Waals surface area contributed by atoms with Crippen molar-refractivity contribution in [2.45, 2.75) is 20.0 Å². The number of anilines is 1. The zero-order chi connectivity index (χ0) is 22.0. The normalized spacial score (nSPS) is 11.8. The van der Waals surface area contributed by atoms with E-state index in [4.69, 9.17) is 20.8 Å². The molecule has 1 atom stereocenters. The molecule has 0 fully saturated rings. The Kier molecular flexibility index (Phi) is 5.78. The maximum Gasteiger partial charge on any atom is 0.265 e. The van der Waals surface area contributed by atoms with E-state index in [1.54, 1.807) is 61.5 Å². The zero-order valence-electron chi connectivity index (χ0n) is 17.0. The number of aryl methyl sites for hydroxylation is 1. The molecule has 4 aromatic rings. The number of ether oxygens (including phenoxy) is 1. The second-order valence-corrected chi connectivity index (χ2v) is 7.57. The van der Waals surface area contributed by atoms with Crippen LogP contribution in [0.3, 0.4) is 0 Å². The van der Waals surface area contributed by atoms with Crippen LogP contribution in [0.2, 0.25) is 5.02 Å². The van der Waals surface area contributed by atoms with Gasteiger partial charge in [-0.15, -0.1) is 0 Å². The Bertz CT molecular complexity index is 1260. The Morgan fingerprint density at radius 3 is 2.45 bits per heavy atom. The van der Waals surface area contributed by atoms with Gasteiger partial charge >= 0.3 is 0 Å². The first-order chi connectivity index (χ1) is 14.9. The zero-order valence-corrected chi connectivity index (χ0v) is 17.8. The highest BCUT2D eigenvalue weighted by atomic mass is 35.5. The Labute approximate surface area is 184 Å². The van der Waals surface area contributed by atoms with Crippen LogP contribution in [0, 0.1) is 6.92 Å². The van der Waals surface area contributed by atoms with Crippen LogP contribution in [-0.2, 0) is 4.79 Å². The molecule has 0 saturated carbocycles. The predicted octanol–water partition coefficient (Wildman–Crippen LogP) is 6.03. The molecule has 1 aromatic heterocycles. The van der Waals surface area contributed by atoms with Gasteiger partial charge in [-0.3, -0.25) is 9.59 Å². The van der Waals surface area contributed by atoms with Crippen molar-refractivity contribution >= 4 is 39.9 Å². The van der Waals surface area contributed by atoms with Gasteiger partial charge in [0.25, 0.3) is 5.91 Å². The van der Waals surface area contributed by atoms with Gasteiger partial charge in [0.1, 0.15) is 11.3 Å². The lowest BCUT2D eigenvalue weighted by molar-refractivity contribution is -0.122. The van der Waals surface area contributed by atoms with E-state index < -0.39 is 12.0 Å². The largest absolute Gasteiger partial charge is 0.481 e. The second kappa shape index (κ2) is 8.66. The van der Waals surface area contributed by atoms with Gasteiger partial charge in [-0.05, 0) is 49.7 Å². The molecular weight excluding hydrogens is 414 g/mol. The highest BCUT2D eigenvalue weighted by molar-refractivity contribution is 6.31. The van der Waals surface area contributed by atoms with Gasteiger partial charge in [-0.25, -0.2) is 0 Å². The molecule has 0 unspecified atom stereocenters. The minimum atomic E-state index is -0.811. The van der Waals surface area contributed by atoms with E-state index in [2.05, 4.69) is 5.32 Å². The van der Waals surface area contributed by atoms with Crippen molar-refractivity contribution in [1.29, 1.82) is 0 Å². The lowest BCUT2D eigenvalue weighted by Gasteiger charge is -2.15. The average Bonchev–Trinajstić information content (AvgIpc) is 3.14. The fourth-order valence-electron chi connectivity index (χ4n) is 3.22. The molecule has 6 heteroatoms. The number of hydrogen-bond acceptors (Lipinski definition) is 4. The van der Waals surface area contributed by atoms with Gasteiger partial charge in [0.15, 0.2) is 11.9 Å². The maximum absolute atomic E-state index is 13.1. The third-order valence-corrected chi connectivity index (χ3v) is 5.32. The van der Waals surface area contributed by atoms with Crippen molar-refractivity contribution in [3.63, 3.8) is 0 Å². The molecule has 1 heterocycles. The van der Waals surface area contributed by atoms with E-state index in [9.17, 15) is 9.59 Å². The van der Waals surface area contributed by atoms with Crippen molar-refractivity contribution < 1.29 is 18.7 Å². The van der Waals surface area contributed by atoms with E-state index in [1.807, 2.05) is 25.1 Å². The molecule has 3 aromatic carbocycles. The fraction of sp³-hybridized carbons (Fsp3) is 0.120. The van der Waals surface area contributed by atoms with Crippen LogP contribution in [0.1, 0.15) is 28.6 Å². The standard InChI is InChI=1S/C25H20ClNO4/c1-15-14-18(12-13-20(15)26)30-16(2)25(29)27-22-19-10-6-7-11-21(19)31-24(22)23(28)17-8-4-3-5-9-17/h3-14,16H,1-2H3,(H,27,29)/t16-/m0/s1. The number of hydrogen-bond donors (Lipinski definition) is 1. The van der Waals surface area contributed by atoms with E-state index >= 15 is 0 Å². The van der Waals surface area contributed by atoms with Crippen molar-refractivity contribution in [3.05, 3.63) is 94.7 Å². The van der Waals surface area contributed by atoms with E-state index in [-0.39, 0.29) is 11.5 Å². The number of rotatable bonds is 6. The van der Waals surface area contributed by atoms with Gasteiger partial charge in [0, 0.05) is 16.0 Å². The Balaban J connectivity index is 1.63. The van der Waals surface area contributed by atoms with Crippen LogP contribution < -0.4 is 10.1 Å². The fourth-order valence-corrected chi connectivity index (χ4v) is 3.34. The van der Waals surface area contributed by atoms with Crippen LogP contribution in [-0.4, -0.2) is 17.8 Å². The van der Waals surface area contributed by atoms with Crippen LogP contribution in [0.25, 0.3) is 11.0 Å². The van der Waals surface area contributed by atoms with Gasteiger partial charge in [-0.2, -0.15) is 0 Å². The third kappa shape index (κ3) is 4.32. The smallest absolute Gasteiger partial charge is 0.265 e. The van der Waals surface area contributed by atoms with Crippen molar-refractivity contribution in [1.82, 2.24) is 0 Å². The Morgan fingerprint density at radius 2 is 1.71 bits per heavy atom. The topological polar surface area (TPSA) is 68.5 Å². The highest BCUT2D eigenvalue weighted by Crippen LogP contribution is 2.33. The van der Waals surface area contributed by atoms with Crippen LogP contribution in [0.5, 0.6) is 5.75 Å². The first-order valence-electron chi connectivity index (χ1n) is 9.79. The summed E-state index contributed by atoms with van der Waals surface area (Å²) in [5.41, 5.74) is 2.16. The molecular formula is C25H20ClNO4. The summed E-state index contributed by atoms with van der Waals surface area (Å²) in [5, 5.41) is 4.09. The lowest BCUT2D eigenvalue weighted by atomic mass is 10.1. The number of fused-ring (bicyclic) bond motifs is 1. The third-order valence-electron chi connectivity index (χ3n) is 4.90. The number of carbonyl (C=O) groups excluding carboxylic acids is 2. The second-order valence-electron chi connectivity index (χ2n) is 7.16. The number of furan rings is 1. The molecule has 0 aliphatic carbocycles. The molecule has 0 bridgehead atoms. The lowest BCUT2D eigenvalue weighted by Crippen LogP contribution is -2.30. The molecule has 4 rings (SSSR count). The van der Waals surface area contributed by atoms with E-state index in [0.29, 0.717) is 33.0 Å². The Hall–Kier alpha value is -3.57. The molecule has 0 aliphatic rings. The molecule has 0 spiro atoms. The number of para-hydroxylation sites is 1. The molecule has 0 radical (unpaired) electrons. The minimum absolute atomic E-state index is 0.0790. The van der Waals surface area contributed by atoms with Crippen LogP contribution >= 0.6 is 11.6 Å². The molecule has 31 heavy (non-hydrogen) atoms. The summed E-state index contributed by atoms with van der Waals surface area (Å²) in [4.78, 5) is 26.0. The number of carbonyl (C=O) groups is 2. The van der Waals surface area contributed by atoms with Gasteiger partial charge < -0.3 is 14.5 Å². The van der Waals surface area contributed by atoms with Crippen LogP contribution in [0.15, 0.2) is 77.2 Å². The number of amides is 1. The average molecular weight is 434 g/mol. The molecule has 5 nitrogen and oxygen atoms in total. The summed E-state index contributed by atoms with van der Waals surface area (Å²) in [7, 11) is 0. The Morgan fingerprint density at radius 1 is 1.00 bits per heavy atom. The molecule has 1 N–H and O–H groups in total. The number of benzene rings is 3. The monoisotopic (exact) mass is 433 g/mol. The van der Waals surface area contributed by atoms with Gasteiger partial charge in [0.2, 0.25) is 5.78 Å². The summed E-state index contributed by atoms with van der Waals surface area (Å²) in [6, 6.07) is 21.2. The summed E-state index contributed by atoms with van der Waals surface area (Å²) in [6.45, 7) is 3.50. The summed E-state index contributed by atoms with van der Waals surface area (Å²) in [5.74, 6) is -0.104. The molecule has 0 aliphatic heterocycles. The molecule has 1 amide bonds. The number of nitrogens with one attached hydrogen (secondary N) is 1. The summed E-state index contributed by atoms with van der Waals surface area (Å²) >= 11 is 6.05. The summed E-state index contributed by atoms with van der Waals surface area (Å²) in [6.07, 6.45) is -0.811.